The molecule has 1 N–H and O–H groups in total. The van der Waals surface area contributed by atoms with Gasteiger partial charge in [0.1, 0.15) is 18.0 Å². The second kappa shape index (κ2) is 10.00. The van der Waals surface area contributed by atoms with Gasteiger partial charge in [-0.3, -0.25) is 9.69 Å². The van der Waals surface area contributed by atoms with Crippen molar-refractivity contribution in [2.75, 3.05) is 10.2 Å². The number of aryl methyl sites for hydroxylation is 1. The maximum atomic E-state index is 13.8. The number of halogens is 3. The highest BCUT2D eigenvalue weighted by Gasteiger charge is 2.41. The lowest BCUT2D eigenvalue weighted by Gasteiger charge is -2.41. The molecule has 0 atom stereocenters. The highest BCUT2D eigenvalue weighted by molar-refractivity contribution is 6.10. The van der Waals surface area contributed by atoms with Crippen molar-refractivity contribution < 1.29 is 18.0 Å². The molecule has 2 aromatic carbocycles. The molecule has 4 aromatic rings. The number of anilines is 2. The Morgan fingerprint density at radius 1 is 1.07 bits per heavy atom. The lowest BCUT2D eigenvalue weighted by atomic mass is 9.74. The number of hydrogen-bond donors (Lipinski definition) is 1. The van der Waals surface area contributed by atoms with Crippen LogP contribution in [0.25, 0.3) is 22.5 Å². The standard InChI is InChI=1S/C30H23F3N8O/c1-40-17-36-39-27(40)20-7-6-18(15-35)12-22(20)19-13-25(38-29(10-11-34)8-3-9-29)37-26(14-19)41-16-23-21(28(41)42)4-2-5-24(23)30(31,32)33/h2,4-7,12-14,17H,3,8-10,16H2,1H3,(H,37,38). The van der Waals surface area contributed by atoms with E-state index in [0.717, 1.165) is 25.3 Å². The zero-order valence-corrected chi connectivity index (χ0v) is 22.4. The Bertz CT molecular complexity index is 1810. The van der Waals surface area contributed by atoms with Crippen molar-refractivity contribution >= 4 is 17.5 Å². The summed E-state index contributed by atoms with van der Waals surface area (Å²) in [5.74, 6) is 0.439. The molecule has 1 fully saturated rings. The van der Waals surface area contributed by atoms with Crippen LogP contribution in [0.2, 0.25) is 0 Å². The lowest BCUT2D eigenvalue weighted by Crippen LogP contribution is -2.45. The SMILES string of the molecule is Cn1cnnc1-c1ccc(C#N)cc1-c1cc(NC2(CC#N)CCC2)nc(N2Cc3c(cccc3C(F)(F)F)C2=O)c1. The third-order valence-corrected chi connectivity index (χ3v) is 7.89. The number of fused-ring (bicyclic) bond motifs is 1. The van der Waals surface area contributed by atoms with Gasteiger partial charge in [-0.15, -0.1) is 10.2 Å². The van der Waals surface area contributed by atoms with Gasteiger partial charge in [-0.25, -0.2) is 4.98 Å². The summed E-state index contributed by atoms with van der Waals surface area (Å²) >= 11 is 0. The van der Waals surface area contributed by atoms with E-state index in [9.17, 15) is 28.5 Å². The van der Waals surface area contributed by atoms with Crippen molar-refractivity contribution in [1.82, 2.24) is 19.7 Å². The van der Waals surface area contributed by atoms with Gasteiger partial charge in [-0.2, -0.15) is 23.7 Å². The fourth-order valence-corrected chi connectivity index (χ4v) is 5.60. The zero-order valence-electron chi connectivity index (χ0n) is 22.4. The number of rotatable bonds is 6. The van der Waals surface area contributed by atoms with E-state index in [0.29, 0.717) is 33.9 Å². The molecule has 1 saturated carbocycles. The van der Waals surface area contributed by atoms with Crippen LogP contribution in [0.1, 0.15) is 52.7 Å². The molecule has 1 aliphatic heterocycles. The van der Waals surface area contributed by atoms with Crippen LogP contribution in [-0.4, -0.2) is 31.2 Å². The van der Waals surface area contributed by atoms with E-state index >= 15 is 0 Å². The van der Waals surface area contributed by atoms with E-state index in [1.54, 1.807) is 48.3 Å². The fraction of sp³-hybridized carbons (Fsp3) is 0.267. The van der Waals surface area contributed by atoms with Crippen LogP contribution >= 0.6 is 0 Å². The van der Waals surface area contributed by atoms with Crippen molar-refractivity contribution in [2.24, 2.45) is 7.05 Å². The van der Waals surface area contributed by atoms with Gasteiger partial charge < -0.3 is 9.88 Å². The molecule has 42 heavy (non-hydrogen) atoms. The van der Waals surface area contributed by atoms with Crippen LogP contribution < -0.4 is 10.2 Å². The normalized spacial score (nSPS) is 15.5. The van der Waals surface area contributed by atoms with Gasteiger partial charge in [0.25, 0.3) is 5.91 Å². The van der Waals surface area contributed by atoms with Gasteiger partial charge in [0.2, 0.25) is 0 Å². The molecule has 210 valence electrons. The number of pyridine rings is 1. The Labute approximate surface area is 238 Å². The lowest BCUT2D eigenvalue weighted by molar-refractivity contribution is -0.138. The molecule has 3 heterocycles. The van der Waals surface area contributed by atoms with E-state index in [1.807, 2.05) is 0 Å². The van der Waals surface area contributed by atoms with Crippen molar-refractivity contribution in [2.45, 2.75) is 43.9 Å². The summed E-state index contributed by atoms with van der Waals surface area (Å²) < 4.78 is 43.2. The number of carbonyl (C=O) groups excluding carboxylic acids is 1. The first kappa shape index (κ1) is 27.0. The molecule has 2 aliphatic rings. The van der Waals surface area contributed by atoms with Gasteiger partial charge in [0.05, 0.1) is 41.8 Å². The van der Waals surface area contributed by atoms with Crippen molar-refractivity contribution in [1.29, 1.82) is 10.5 Å². The molecule has 2 aromatic heterocycles. The molecule has 0 spiro atoms. The Morgan fingerprint density at radius 2 is 1.88 bits per heavy atom. The molecule has 0 bridgehead atoms. The van der Waals surface area contributed by atoms with E-state index in [-0.39, 0.29) is 29.9 Å². The molecule has 1 aliphatic carbocycles. The third kappa shape index (κ3) is 4.61. The summed E-state index contributed by atoms with van der Waals surface area (Å²) in [7, 11) is 1.78. The predicted octanol–water partition coefficient (Wildman–Crippen LogP) is 5.84. The quantitative estimate of drug-likeness (QED) is 0.310. The molecule has 1 amide bonds. The van der Waals surface area contributed by atoms with Gasteiger partial charge in [-0.1, -0.05) is 6.07 Å². The number of nitrogens with one attached hydrogen (secondary N) is 1. The van der Waals surface area contributed by atoms with Crippen molar-refractivity contribution in [3.05, 3.63) is 77.1 Å². The smallest absolute Gasteiger partial charge is 0.364 e. The first-order valence-corrected chi connectivity index (χ1v) is 13.2. The first-order chi connectivity index (χ1) is 20.1. The summed E-state index contributed by atoms with van der Waals surface area (Å²) in [5.41, 5.74) is 0.689. The summed E-state index contributed by atoms with van der Waals surface area (Å²) in [6.45, 7) is -0.308. The number of carbonyl (C=O) groups is 1. The Hall–Kier alpha value is -5.23. The van der Waals surface area contributed by atoms with E-state index in [2.05, 4.69) is 32.6 Å². The maximum Gasteiger partial charge on any atom is 0.416 e. The largest absolute Gasteiger partial charge is 0.416 e. The minimum atomic E-state index is -4.62. The number of hydrogen-bond acceptors (Lipinski definition) is 7. The Morgan fingerprint density at radius 3 is 2.52 bits per heavy atom. The van der Waals surface area contributed by atoms with Crippen LogP contribution in [0.4, 0.5) is 24.8 Å². The highest BCUT2D eigenvalue weighted by Crippen LogP contribution is 2.42. The fourth-order valence-electron chi connectivity index (χ4n) is 5.60. The molecule has 12 heteroatoms. The van der Waals surface area contributed by atoms with Crippen LogP contribution in [0, 0.1) is 22.7 Å². The summed E-state index contributed by atoms with van der Waals surface area (Å²) in [5, 5.41) is 30.7. The Kier molecular flexibility index (Phi) is 6.42. The summed E-state index contributed by atoms with van der Waals surface area (Å²) in [4.78, 5) is 19.4. The molecule has 0 unspecified atom stereocenters. The van der Waals surface area contributed by atoms with Crippen LogP contribution in [0.5, 0.6) is 0 Å². The number of nitrogens with zero attached hydrogens (tertiary/aromatic N) is 7. The van der Waals surface area contributed by atoms with Crippen LogP contribution in [-0.2, 0) is 19.8 Å². The number of amides is 1. The van der Waals surface area contributed by atoms with Gasteiger partial charge >= 0.3 is 6.18 Å². The molecule has 9 nitrogen and oxygen atoms in total. The predicted molar refractivity (Wildman–Crippen MR) is 147 cm³/mol. The molecule has 6 rings (SSSR count). The second-order valence-corrected chi connectivity index (χ2v) is 10.6. The monoisotopic (exact) mass is 568 g/mol. The average molecular weight is 569 g/mol. The first-order valence-electron chi connectivity index (χ1n) is 13.2. The molecular weight excluding hydrogens is 545 g/mol. The van der Waals surface area contributed by atoms with Gasteiger partial charge in [-0.05, 0) is 78.4 Å². The third-order valence-electron chi connectivity index (χ3n) is 7.89. The van der Waals surface area contributed by atoms with Crippen LogP contribution in [0.3, 0.4) is 0 Å². The summed E-state index contributed by atoms with van der Waals surface area (Å²) in [6, 6.07) is 16.4. The van der Waals surface area contributed by atoms with Crippen molar-refractivity contribution in [3.63, 3.8) is 0 Å². The minimum Gasteiger partial charge on any atom is -0.364 e. The highest BCUT2D eigenvalue weighted by atomic mass is 19.4. The zero-order chi connectivity index (χ0) is 29.6. The summed E-state index contributed by atoms with van der Waals surface area (Å²) in [6.07, 6.45) is -0.408. The molecular formula is C30H23F3N8O. The van der Waals surface area contributed by atoms with Gasteiger partial charge in [0, 0.05) is 18.2 Å². The topological polar surface area (TPSA) is 124 Å². The van der Waals surface area contributed by atoms with E-state index in [1.165, 1.54) is 17.0 Å². The second-order valence-electron chi connectivity index (χ2n) is 10.6. The number of nitriles is 2. The maximum absolute atomic E-state index is 13.8. The van der Waals surface area contributed by atoms with Crippen molar-refractivity contribution in [3.8, 4) is 34.7 Å². The molecule has 0 radical (unpaired) electrons. The number of alkyl halides is 3. The minimum absolute atomic E-state index is 0.0299. The number of benzene rings is 2. The molecule has 0 saturated heterocycles. The average Bonchev–Trinajstić information content (AvgIpc) is 3.53. The Balaban J connectivity index is 1.52. The number of aromatic nitrogens is 4. The van der Waals surface area contributed by atoms with E-state index in [4.69, 9.17) is 0 Å². The van der Waals surface area contributed by atoms with E-state index < -0.39 is 23.2 Å². The van der Waals surface area contributed by atoms with Gasteiger partial charge in [0.15, 0.2) is 5.82 Å². The van der Waals surface area contributed by atoms with Crippen LogP contribution in [0.15, 0.2) is 54.9 Å².